The molecule has 0 aliphatic carbocycles. The average Bonchev–Trinajstić information content (AvgIpc) is 3.35. The summed E-state index contributed by atoms with van der Waals surface area (Å²) >= 11 is 0. The molecule has 30 heavy (non-hydrogen) atoms. The molecule has 0 spiro atoms. The van der Waals surface area contributed by atoms with Crippen molar-refractivity contribution in [3.05, 3.63) is 54.1 Å². The van der Waals surface area contributed by atoms with Crippen LogP contribution in [0.5, 0.6) is 5.75 Å². The molecule has 0 unspecified atom stereocenters. The average molecular weight is 409 g/mol. The highest BCUT2D eigenvalue weighted by molar-refractivity contribution is 6.00. The van der Waals surface area contributed by atoms with Gasteiger partial charge in [-0.05, 0) is 37.1 Å². The van der Waals surface area contributed by atoms with Gasteiger partial charge in [0.05, 0.1) is 18.4 Å². The van der Waals surface area contributed by atoms with Crippen LogP contribution in [0.2, 0.25) is 0 Å². The maximum atomic E-state index is 12.9. The van der Waals surface area contributed by atoms with E-state index in [2.05, 4.69) is 45.4 Å². The Morgan fingerprint density at radius 2 is 1.70 bits per heavy atom. The van der Waals surface area contributed by atoms with Gasteiger partial charge in [-0.1, -0.05) is 18.2 Å². The van der Waals surface area contributed by atoms with Crippen LogP contribution in [-0.2, 0) is 0 Å². The lowest BCUT2D eigenvalue weighted by molar-refractivity contribution is 0.0793. The molecular formula is C24H32N4O2. The Balaban J connectivity index is 1.32. The molecule has 2 fully saturated rings. The molecule has 0 aromatic heterocycles. The number of piperazine rings is 1. The van der Waals surface area contributed by atoms with Gasteiger partial charge in [0.1, 0.15) is 5.75 Å². The zero-order chi connectivity index (χ0) is 20.8. The standard InChI is InChI=1S/C24H32N4O2/c1-30-21-9-10-22(24(29)28-12-5-6-13-28)23(19-21)25-11-14-26-15-17-27(18-16-26)20-7-3-2-4-8-20/h2-4,7-10,19,25H,5-6,11-18H2,1H3. The fourth-order valence-corrected chi connectivity index (χ4v) is 4.29. The molecule has 0 radical (unpaired) electrons. The number of rotatable bonds is 7. The predicted molar refractivity (Wildman–Crippen MR) is 122 cm³/mol. The second-order valence-electron chi connectivity index (χ2n) is 8.00. The number of methoxy groups -OCH3 is 1. The number of hydrogen-bond acceptors (Lipinski definition) is 5. The van der Waals surface area contributed by atoms with E-state index in [-0.39, 0.29) is 5.91 Å². The number of ether oxygens (including phenoxy) is 1. The lowest BCUT2D eigenvalue weighted by Gasteiger charge is -2.36. The van der Waals surface area contributed by atoms with Crippen molar-refractivity contribution in [2.24, 2.45) is 0 Å². The molecule has 0 saturated carbocycles. The molecule has 6 heteroatoms. The van der Waals surface area contributed by atoms with Crippen LogP contribution < -0.4 is 15.0 Å². The Kier molecular flexibility index (Phi) is 6.74. The maximum Gasteiger partial charge on any atom is 0.255 e. The van der Waals surface area contributed by atoms with Crippen molar-refractivity contribution >= 4 is 17.3 Å². The molecule has 2 aromatic rings. The molecule has 1 N–H and O–H groups in total. The van der Waals surface area contributed by atoms with Crippen LogP contribution in [-0.4, -0.2) is 75.2 Å². The normalized spacial score (nSPS) is 17.2. The van der Waals surface area contributed by atoms with Crippen LogP contribution in [0.3, 0.4) is 0 Å². The van der Waals surface area contributed by atoms with E-state index >= 15 is 0 Å². The highest BCUT2D eigenvalue weighted by atomic mass is 16.5. The first-order valence-electron chi connectivity index (χ1n) is 11.0. The Morgan fingerprint density at radius 3 is 2.40 bits per heavy atom. The molecule has 2 heterocycles. The molecule has 0 atom stereocenters. The fourth-order valence-electron chi connectivity index (χ4n) is 4.29. The molecule has 2 aliphatic heterocycles. The Morgan fingerprint density at radius 1 is 0.967 bits per heavy atom. The largest absolute Gasteiger partial charge is 0.497 e. The van der Waals surface area contributed by atoms with Gasteiger partial charge in [-0.15, -0.1) is 0 Å². The highest BCUT2D eigenvalue weighted by Gasteiger charge is 2.22. The highest BCUT2D eigenvalue weighted by Crippen LogP contribution is 2.25. The van der Waals surface area contributed by atoms with Gasteiger partial charge in [0.15, 0.2) is 0 Å². The van der Waals surface area contributed by atoms with Gasteiger partial charge in [-0.2, -0.15) is 0 Å². The van der Waals surface area contributed by atoms with E-state index in [1.165, 1.54) is 5.69 Å². The second-order valence-corrected chi connectivity index (χ2v) is 8.00. The number of para-hydroxylation sites is 1. The van der Waals surface area contributed by atoms with Crippen molar-refractivity contribution < 1.29 is 9.53 Å². The van der Waals surface area contributed by atoms with Crippen LogP contribution in [0.15, 0.2) is 48.5 Å². The third-order valence-electron chi connectivity index (χ3n) is 6.09. The van der Waals surface area contributed by atoms with Crippen LogP contribution >= 0.6 is 0 Å². The first kappa shape index (κ1) is 20.5. The van der Waals surface area contributed by atoms with Crippen molar-refractivity contribution in [1.82, 2.24) is 9.80 Å². The smallest absolute Gasteiger partial charge is 0.255 e. The van der Waals surface area contributed by atoms with Crippen LogP contribution in [0.4, 0.5) is 11.4 Å². The van der Waals surface area contributed by atoms with E-state index in [9.17, 15) is 4.79 Å². The number of anilines is 2. The van der Waals surface area contributed by atoms with Gasteiger partial charge >= 0.3 is 0 Å². The maximum absolute atomic E-state index is 12.9. The van der Waals surface area contributed by atoms with E-state index in [0.717, 1.165) is 82.2 Å². The number of nitrogens with one attached hydrogen (secondary N) is 1. The quantitative estimate of drug-likeness (QED) is 0.763. The van der Waals surface area contributed by atoms with Crippen molar-refractivity contribution in [1.29, 1.82) is 0 Å². The molecule has 2 aromatic carbocycles. The van der Waals surface area contributed by atoms with E-state index in [1.54, 1.807) is 7.11 Å². The molecule has 6 nitrogen and oxygen atoms in total. The lowest BCUT2D eigenvalue weighted by atomic mass is 10.1. The predicted octanol–water partition coefficient (Wildman–Crippen LogP) is 3.17. The summed E-state index contributed by atoms with van der Waals surface area (Å²) in [7, 11) is 1.66. The topological polar surface area (TPSA) is 48.1 Å². The number of likely N-dealkylation sites (tertiary alicyclic amines) is 1. The number of carbonyl (C=O) groups is 1. The molecule has 2 aliphatic rings. The summed E-state index contributed by atoms with van der Waals surface area (Å²) in [5.74, 6) is 0.890. The van der Waals surface area contributed by atoms with Gasteiger partial charge in [0.25, 0.3) is 5.91 Å². The Bertz CT molecular complexity index is 828. The minimum Gasteiger partial charge on any atom is -0.497 e. The zero-order valence-electron chi connectivity index (χ0n) is 17.8. The lowest BCUT2D eigenvalue weighted by Crippen LogP contribution is -2.47. The summed E-state index contributed by atoms with van der Waals surface area (Å²) in [6.45, 7) is 7.66. The van der Waals surface area contributed by atoms with E-state index < -0.39 is 0 Å². The van der Waals surface area contributed by atoms with Crippen molar-refractivity contribution in [2.75, 3.05) is 69.7 Å². The summed E-state index contributed by atoms with van der Waals surface area (Å²) in [4.78, 5) is 19.8. The molecule has 4 rings (SSSR count). The van der Waals surface area contributed by atoms with Crippen molar-refractivity contribution in [3.63, 3.8) is 0 Å². The van der Waals surface area contributed by atoms with E-state index in [4.69, 9.17) is 4.74 Å². The summed E-state index contributed by atoms with van der Waals surface area (Å²) in [5, 5.41) is 3.50. The molecular weight excluding hydrogens is 376 g/mol. The van der Waals surface area contributed by atoms with Gasteiger partial charge in [-0.25, -0.2) is 0 Å². The summed E-state index contributed by atoms with van der Waals surface area (Å²) in [6.07, 6.45) is 2.19. The minimum atomic E-state index is 0.120. The molecule has 2 saturated heterocycles. The third-order valence-corrected chi connectivity index (χ3v) is 6.09. The minimum absolute atomic E-state index is 0.120. The van der Waals surface area contributed by atoms with E-state index in [1.807, 2.05) is 23.1 Å². The van der Waals surface area contributed by atoms with Crippen LogP contribution in [0.1, 0.15) is 23.2 Å². The van der Waals surface area contributed by atoms with Gasteiger partial charge < -0.3 is 19.9 Å². The first-order valence-corrected chi connectivity index (χ1v) is 11.0. The van der Waals surface area contributed by atoms with Crippen LogP contribution in [0.25, 0.3) is 0 Å². The second kappa shape index (κ2) is 9.85. The van der Waals surface area contributed by atoms with Crippen LogP contribution in [0, 0.1) is 0 Å². The summed E-state index contributed by atoms with van der Waals surface area (Å²) in [6, 6.07) is 16.3. The van der Waals surface area contributed by atoms with Gasteiger partial charge in [-0.3, -0.25) is 9.69 Å². The summed E-state index contributed by atoms with van der Waals surface area (Å²) in [5.41, 5.74) is 2.91. The van der Waals surface area contributed by atoms with Gasteiger partial charge in [0, 0.05) is 64.1 Å². The van der Waals surface area contributed by atoms with Crippen molar-refractivity contribution in [2.45, 2.75) is 12.8 Å². The number of amides is 1. The fraction of sp³-hybridized carbons (Fsp3) is 0.458. The zero-order valence-corrected chi connectivity index (χ0v) is 17.8. The summed E-state index contributed by atoms with van der Waals surface area (Å²) < 4.78 is 5.38. The molecule has 1 amide bonds. The Labute approximate surface area is 179 Å². The number of hydrogen-bond donors (Lipinski definition) is 1. The molecule has 160 valence electrons. The van der Waals surface area contributed by atoms with E-state index in [0.29, 0.717) is 0 Å². The van der Waals surface area contributed by atoms with Gasteiger partial charge in [0.2, 0.25) is 0 Å². The first-order chi connectivity index (χ1) is 14.7. The molecule has 0 bridgehead atoms. The number of benzene rings is 2. The monoisotopic (exact) mass is 408 g/mol. The SMILES string of the molecule is COc1ccc(C(=O)N2CCCC2)c(NCCN2CCN(c3ccccc3)CC2)c1. The Hall–Kier alpha value is -2.73. The third kappa shape index (κ3) is 4.87. The number of carbonyl (C=O) groups excluding carboxylic acids is 1. The number of nitrogens with zero attached hydrogens (tertiary/aromatic N) is 3. The van der Waals surface area contributed by atoms with Crippen molar-refractivity contribution in [3.8, 4) is 5.75 Å².